The van der Waals surface area contributed by atoms with E-state index in [1.807, 2.05) is 6.07 Å². The predicted octanol–water partition coefficient (Wildman–Crippen LogP) is 2.44. The van der Waals surface area contributed by atoms with Crippen LogP contribution < -0.4 is 19.3 Å². The van der Waals surface area contributed by atoms with Crippen LogP contribution in [0.1, 0.15) is 12.0 Å². The molecule has 160 valence electrons. The van der Waals surface area contributed by atoms with Crippen molar-refractivity contribution >= 4 is 38.9 Å². The number of hydrogen-bond acceptors (Lipinski definition) is 5. The highest BCUT2D eigenvalue weighted by Gasteiger charge is 2.35. The summed E-state index contributed by atoms with van der Waals surface area (Å²) in [5.41, 5.74) is 2.97. The normalized spacial score (nSPS) is 17.9. The molecule has 9 heteroatoms. The van der Waals surface area contributed by atoms with Crippen molar-refractivity contribution in [2.45, 2.75) is 18.9 Å². The minimum absolute atomic E-state index is 0.0858. The zero-order valence-corrected chi connectivity index (χ0v) is 18.2. The van der Waals surface area contributed by atoms with Gasteiger partial charge in [0.25, 0.3) is 5.91 Å². The van der Waals surface area contributed by atoms with Gasteiger partial charge >= 0.3 is 0 Å². The molecule has 0 saturated carbocycles. The van der Waals surface area contributed by atoms with Crippen LogP contribution in [0, 0.1) is 0 Å². The molecule has 0 fully saturated rings. The second-order valence-electron chi connectivity index (χ2n) is 7.52. The van der Waals surface area contributed by atoms with Crippen molar-refractivity contribution in [2.24, 2.45) is 0 Å². The van der Waals surface area contributed by atoms with Gasteiger partial charge in [0.2, 0.25) is 10.0 Å². The van der Waals surface area contributed by atoms with Crippen molar-refractivity contribution in [1.29, 1.82) is 0 Å². The Morgan fingerprint density at radius 3 is 2.83 bits per heavy atom. The lowest BCUT2D eigenvalue weighted by Gasteiger charge is -2.34. The van der Waals surface area contributed by atoms with Gasteiger partial charge in [-0.3, -0.25) is 9.10 Å². The predicted molar refractivity (Wildman–Crippen MR) is 118 cm³/mol. The number of carbonyl (C=O) groups excluding carboxylic acids is 1. The number of nitrogens with zero attached hydrogens (tertiary/aromatic N) is 2. The van der Waals surface area contributed by atoms with Gasteiger partial charge in [0.05, 0.1) is 18.5 Å². The fourth-order valence-corrected chi connectivity index (χ4v) is 4.98. The Kier molecular flexibility index (Phi) is 5.79. The number of ether oxygens (including phenoxy) is 1. The molecule has 30 heavy (non-hydrogen) atoms. The monoisotopic (exact) mass is 449 g/mol. The van der Waals surface area contributed by atoms with Crippen molar-refractivity contribution in [2.75, 3.05) is 41.6 Å². The third-order valence-electron chi connectivity index (χ3n) is 5.37. The van der Waals surface area contributed by atoms with E-state index in [1.54, 1.807) is 12.1 Å². The van der Waals surface area contributed by atoms with Gasteiger partial charge < -0.3 is 15.0 Å². The molecular formula is C21H24ClN3O4S. The summed E-state index contributed by atoms with van der Waals surface area (Å²) < 4.78 is 31.4. The average Bonchev–Trinajstić information content (AvgIpc) is 3.12. The summed E-state index contributed by atoms with van der Waals surface area (Å²) in [7, 11) is -3.58. The number of carbonyl (C=O) groups is 1. The molecule has 0 unspecified atom stereocenters. The van der Waals surface area contributed by atoms with Crippen LogP contribution >= 0.6 is 11.6 Å². The minimum atomic E-state index is -3.58. The van der Waals surface area contributed by atoms with E-state index in [1.165, 1.54) is 21.6 Å². The van der Waals surface area contributed by atoms with E-state index >= 15 is 0 Å². The number of amides is 1. The van der Waals surface area contributed by atoms with Crippen LogP contribution in [0.2, 0.25) is 5.02 Å². The molecule has 7 nitrogen and oxygen atoms in total. The first kappa shape index (κ1) is 20.8. The first-order valence-corrected chi connectivity index (χ1v) is 12.1. The first-order valence-electron chi connectivity index (χ1n) is 9.87. The number of fused-ring (bicyclic) bond motifs is 2. The Hall–Kier alpha value is -2.45. The van der Waals surface area contributed by atoms with E-state index in [0.29, 0.717) is 23.0 Å². The zero-order chi connectivity index (χ0) is 21.3. The van der Waals surface area contributed by atoms with E-state index in [2.05, 4.69) is 28.4 Å². The minimum Gasteiger partial charge on any atom is -0.476 e. The summed E-state index contributed by atoms with van der Waals surface area (Å²) in [5.74, 6) is -0.00373. The van der Waals surface area contributed by atoms with Gasteiger partial charge in [-0.1, -0.05) is 29.8 Å². The summed E-state index contributed by atoms with van der Waals surface area (Å²) in [6.45, 7) is 2.24. The smallest absolute Gasteiger partial charge is 0.263 e. The van der Waals surface area contributed by atoms with Crippen molar-refractivity contribution in [3.8, 4) is 5.75 Å². The highest BCUT2D eigenvalue weighted by molar-refractivity contribution is 7.92. The quantitative estimate of drug-likeness (QED) is 0.685. The lowest BCUT2D eigenvalue weighted by molar-refractivity contribution is -0.127. The summed E-state index contributed by atoms with van der Waals surface area (Å²) in [4.78, 5) is 15.0. The largest absolute Gasteiger partial charge is 0.476 e. The van der Waals surface area contributed by atoms with Crippen LogP contribution in [-0.2, 0) is 21.2 Å². The molecule has 4 rings (SSSR count). The molecule has 2 aromatic rings. The van der Waals surface area contributed by atoms with Crippen molar-refractivity contribution < 1.29 is 17.9 Å². The summed E-state index contributed by atoms with van der Waals surface area (Å²) in [6.07, 6.45) is 2.02. The van der Waals surface area contributed by atoms with Crippen LogP contribution in [0.5, 0.6) is 5.75 Å². The van der Waals surface area contributed by atoms with Crippen LogP contribution in [0.4, 0.5) is 11.4 Å². The highest BCUT2D eigenvalue weighted by Crippen LogP contribution is 2.37. The van der Waals surface area contributed by atoms with Gasteiger partial charge in [-0.25, -0.2) is 8.42 Å². The van der Waals surface area contributed by atoms with Crippen molar-refractivity contribution in [1.82, 2.24) is 5.32 Å². The molecule has 2 aliphatic heterocycles. The highest BCUT2D eigenvalue weighted by atomic mass is 35.5. The molecule has 0 aromatic heterocycles. The van der Waals surface area contributed by atoms with Gasteiger partial charge in [0.1, 0.15) is 5.75 Å². The molecule has 0 radical (unpaired) electrons. The zero-order valence-electron chi connectivity index (χ0n) is 16.7. The number of anilines is 2. The van der Waals surface area contributed by atoms with Gasteiger partial charge in [-0.15, -0.1) is 0 Å². The molecule has 1 amide bonds. The van der Waals surface area contributed by atoms with Crippen molar-refractivity contribution in [3.05, 3.63) is 53.1 Å². The molecule has 0 spiro atoms. The number of benzene rings is 2. The maximum atomic E-state index is 12.6. The second kappa shape index (κ2) is 8.35. The van der Waals surface area contributed by atoms with E-state index in [0.717, 1.165) is 32.2 Å². The van der Waals surface area contributed by atoms with E-state index in [-0.39, 0.29) is 12.5 Å². The summed E-state index contributed by atoms with van der Waals surface area (Å²) in [5, 5.41) is 3.28. The third-order valence-corrected chi connectivity index (χ3v) is 6.75. The van der Waals surface area contributed by atoms with Gasteiger partial charge in [-0.2, -0.15) is 0 Å². The molecule has 2 aliphatic rings. The van der Waals surface area contributed by atoms with Crippen LogP contribution in [-0.4, -0.2) is 52.9 Å². The van der Waals surface area contributed by atoms with Gasteiger partial charge in [-0.05, 0) is 42.7 Å². The molecular weight excluding hydrogens is 426 g/mol. The summed E-state index contributed by atoms with van der Waals surface area (Å²) >= 11 is 6.00. The fourth-order valence-electron chi connectivity index (χ4n) is 3.91. The summed E-state index contributed by atoms with van der Waals surface area (Å²) in [6, 6.07) is 13.1. The molecule has 1 atom stereocenters. The standard InChI is InChI=1S/C21H24ClN3O4S/c1-30(27,28)25-14-20(29-19-8-7-16(22)13-18(19)25)21(26)23-10-4-11-24-12-9-15-5-2-3-6-17(15)24/h2-3,5-8,13,20H,4,9-12,14H2,1H3,(H,23,26)/t20-/m0/s1. The molecule has 2 aromatic carbocycles. The number of rotatable bonds is 6. The Morgan fingerprint density at radius 1 is 1.23 bits per heavy atom. The Labute approximate surface area is 181 Å². The number of nitrogens with one attached hydrogen (secondary N) is 1. The van der Waals surface area contributed by atoms with Crippen LogP contribution in [0.15, 0.2) is 42.5 Å². The maximum absolute atomic E-state index is 12.6. The number of para-hydroxylation sites is 1. The Bertz CT molecular complexity index is 1060. The van der Waals surface area contributed by atoms with E-state index < -0.39 is 16.1 Å². The fraction of sp³-hybridized carbons (Fsp3) is 0.381. The first-order chi connectivity index (χ1) is 14.3. The molecule has 1 N–H and O–H groups in total. The van der Waals surface area contributed by atoms with Crippen LogP contribution in [0.25, 0.3) is 0 Å². The van der Waals surface area contributed by atoms with E-state index in [4.69, 9.17) is 16.3 Å². The topological polar surface area (TPSA) is 79.0 Å². The lowest BCUT2D eigenvalue weighted by Crippen LogP contribution is -2.50. The second-order valence-corrected chi connectivity index (χ2v) is 9.87. The Balaban J connectivity index is 1.34. The number of hydrogen-bond donors (Lipinski definition) is 1. The van der Waals surface area contributed by atoms with E-state index in [9.17, 15) is 13.2 Å². The molecule has 0 saturated heterocycles. The Morgan fingerprint density at radius 2 is 2.03 bits per heavy atom. The SMILES string of the molecule is CS(=O)(=O)N1C[C@@H](C(=O)NCCCN2CCc3ccccc32)Oc2ccc(Cl)cc21. The van der Waals surface area contributed by atoms with Crippen LogP contribution in [0.3, 0.4) is 0 Å². The molecule has 0 aliphatic carbocycles. The average molecular weight is 450 g/mol. The number of sulfonamides is 1. The molecule has 2 heterocycles. The number of halogens is 1. The van der Waals surface area contributed by atoms with Gasteiger partial charge in [0.15, 0.2) is 6.10 Å². The van der Waals surface area contributed by atoms with Gasteiger partial charge in [0, 0.05) is 30.3 Å². The third kappa shape index (κ3) is 4.34. The molecule has 0 bridgehead atoms. The lowest BCUT2D eigenvalue weighted by atomic mass is 10.2. The maximum Gasteiger partial charge on any atom is 0.263 e. The van der Waals surface area contributed by atoms with Crippen molar-refractivity contribution in [3.63, 3.8) is 0 Å².